The van der Waals surface area contributed by atoms with Crippen LogP contribution in [0.4, 0.5) is 0 Å². The van der Waals surface area contributed by atoms with E-state index in [4.69, 9.17) is 0 Å². The van der Waals surface area contributed by atoms with Gasteiger partial charge in [-0.05, 0) is 61.2 Å². The van der Waals surface area contributed by atoms with E-state index >= 15 is 0 Å². The van der Waals surface area contributed by atoms with Gasteiger partial charge in [-0.25, -0.2) is 8.42 Å². The van der Waals surface area contributed by atoms with E-state index in [0.717, 1.165) is 23.1 Å². The molecule has 0 aliphatic rings. The van der Waals surface area contributed by atoms with E-state index in [0.29, 0.717) is 5.56 Å². The molecular formula is C17H20N2O3S. The maximum Gasteiger partial charge on any atom is 0.266 e. The van der Waals surface area contributed by atoms with Crippen molar-refractivity contribution in [2.24, 2.45) is 0 Å². The number of hydrazine groups is 1. The molecule has 0 heterocycles. The quantitative estimate of drug-likeness (QED) is 0.826. The normalized spacial score (nSPS) is 11.3. The van der Waals surface area contributed by atoms with Crippen LogP contribution >= 0.6 is 0 Å². The molecule has 0 saturated carbocycles. The van der Waals surface area contributed by atoms with E-state index in [9.17, 15) is 13.2 Å². The number of benzene rings is 2. The fourth-order valence-corrected chi connectivity index (χ4v) is 2.94. The summed E-state index contributed by atoms with van der Waals surface area (Å²) in [4.78, 5) is 14.2. The maximum atomic E-state index is 12.2. The largest absolute Gasteiger partial charge is 0.273 e. The molecule has 5 nitrogen and oxygen atoms in total. The summed E-state index contributed by atoms with van der Waals surface area (Å²) in [7, 11) is -3.80. The SMILES string of the molecule is CCc1ccc(C(=O)NNS(=O)(=O)c2ccc(C)c(C)c2)cc1. The summed E-state index contributed by atoms with van der Waals surface area (Å²) in [6.45, 7) is 5.76. The highest BCUT2D eigenvalue weighted by atomic mass is 32.2. The molecule has 6 heteroatoms. The average Bonchev–Trinajstić information content (AvgIpc) is 2.55. The fraction of sp³-hybridized carbons (Fsp3) is 0.235. The lowest BCUT2D eigenvalue weighted by molar-refractivity contribution is 0.0945. The van der Waals surface area contributed by atoms with Gasteiger partial charge in [0.2, 0.25) is 0 Å². The topological polar surface area (TPSA) is 75.3 Å². The van der Waals surface area contributed by atoms with Crippen molar-refractivity contribution >= 4 is 15.9 Å². The molecule has 0 aromatic heterocycles. The molecule has 2 rings (SSSR count). The molecule has 0 fully saturated rings. The predicted molar refractivity (Wildman–Crippen MR) is 89.5 cm³/mol. The molecule has 23 heavy (non-hydrogen) atoms. The van der Waals surface area contributed by atoms with Gasteiger partial charge in [0.15, 0.2) is 0 Å². The van der Waals surface area contributed by atoms with E-state index in [1.165, 1.54) is 6.07 Å². The highest BCUT2D eigenvalue weighted by molar-refractivity contribution is 7.89. The second-order valence-corrected chi connectivity index (χ2v) is 7.04. The van der Waals surface area contributed by atoms with Crippen molar-refractivity contribution in [3.8, 4) is 0 Å². The second-order valence-electron chi connectivity index (χ2n) is 5.36. The zero-order chi connectivity index (χ0) is 17.0. The predicted octanol–water partition coefficient (Wildman–Crippen LogP) is 2.49. The lowest BCUT2D eigenvalue weighted by atomic mass is 10.1. The van der Waals surface area contributed by atoms with Crippen LogP contribution < -0.4 is 10.3 Å². The number of carbonyl (C=O) groups excluding carboxylic acids is 1. The number of aryl methyl sites for hydroxylation is 3. The van der Waals surface area contributed by atoms with E-state index in [1.54, 1.807) is 24.3 Å². The molecular weight excluding hydrogens is 312 g/mol. The van der Waals surface area contributed by atoms with Crippen LogP contribution in [0.2, 0.25) is 0 Å². The minimum Gasteiger partial charge on any atom is -0.273 e. The van der Waals surface area contributed by atoms with Gasteiger partial charge in [-0.3, -0.25) is 10.2 Å². The van der Waals surface area contributed by atoms with E-state index in [1.807, 2.05) is 32.9 Å². The van der Waals surface area contributed by atoms with Crippen LogP contribution in [0.5, 0.6) is 0 Å². The van der Waals surface area contributed by atoms with Crippen molar-refractivity contribution < 1.29 is 13.2 Å². The third kappa shape index (κ3) is 4.18. The van der Waals surface area contributed by atoms with Gasteiger partial charge in [-0.1, -0.05) is 25.1 Å². The van der Waals surface area contributed by atoms with Crippen LogP contribution in [0.3, 0.4) is 0 Å². The van der Waals surface area contributed by atoms with Crippen LogP contribution in [0.15, 0.2) is 47.4 Å². The van der Waals surface area contributed by atoms with Gasteiger partial charge in [-0.15, -0.1) is 4.83 Å². The number of hydrogen-bond acceptors (Lipinski definition) is 3. The summed E-state index contributed by atoms with van der Waals surface area (Å²) in [6.07, 6.45) is 0.876. The molecule has 2 N–H and O–H groups in total. The van der Waals surface area contributed by atoms with Crippen molar-refractivity contribution in [3.63, 3.8) is 0 Å². The van der Waals surface area contributed by atoms with Gasteiger partial charge in [0, 0.05) is 5.56 Å². The zero-order valence-corrected chi connectivity index (χ0v) is 14.2. The first-order chi connectivity index (χ1) is 10.8. The highest BCUT2D eigenvalue weighted by Gasteiger charge is 2.16. The van der Waals surface area contributed by atoms with Crippen molar-refractivity contribution in [3.05, 3.63) is 64.7 Å². The third-order valence-corrected chi connectivity index (χ3v) is 4.96. The number of hydrogen-bond donors (Lipinski definition) is 2. The summed E-state index contributed by atoms with van der Waals surface area (Å²) in [6, 6.07) is 11.8. The maximum absolute atomic E-state index is 12.2. The van der Waals surface area contributed by atoms with Gasteiger partial charge >= 0.3 is 0 Å². The molecule has 0 radical (unpaired) electrons. The molecule has 122 valence electrons. The number of sulfonamides is 1. The second kappa shape index (κ2) is 6.93. The fourth-order valence-electron chi connectivity index (χ4n) is 2.02. The lowest BCUT2D eigenvalue weighted by Crippen LogP contribution is -2.41. The number of nitrogens with one attached hydrogen (secondary N) is 2. The molecule has 0 bridgehead atoms. The van der Waals surface area contributed by atoms with Gasteiger partial charge < -0.3 is 0 Å². The Labute approximate surface area is 136 Å². The Bertz CT molecular complexity index is 812. The summed E-state index contributed by atoms with van der Waals surface area (Å²) in [5.74, 6) is -0.500. The summed E-state index contributed by atoms with van der Waals surface area (Å²) in [5.41, 5.74) is 5.61. The van der Waals surface area contributed by atoms with Gasteiger partial charge in [0.1, 0.15) is 0 Å². The molecule has 0 unspecified atom stereocenters. The van der Waals surface area contributed by atoms with E-state index in [-0.39, 0.29) is 4.90 Å². The zero-order valence-electron chi connectivity index (χ0n) is 13.4. The van der Waals surface area contributed by atoms with Crippen molar-refractivity contribution in [2.45, 2.75) is 32.1 Å². The third-order valence-electron chi connectivity index (χ3n) is 3.71. The number of amides is 1. The van der Waals surface area contributed by atoms with Gasteiger partial charge in [0.25, 0.3) is 15.9 Å². The molecule has 0 aliphatic heterocycles. The van der Waals surface area contributed by atoms with Gasteiger partial charge in [-0.2, -0.15) is 0 Å². The van der Waals surface area contributed by atoms with Crippen LogP contribution in [0.25, 0.3) is 0 Å². The molecule has 1 amide bonds. The number of rotatable bonds is 5. The Morgan fingerprint density at radius 3 is 2.22 bits per heavy atom. The summed E-state index contributed by atoms with van der Waals surface area (Å²) < 4.78 is 24.4. The summed E-state index contributed by atoms with van der Waals surface area (Å²) in [5, 5.41) is 0. The first kappa shape index (κ1) is 17.2. The van der Waals surface area contributed by atoms with Crippen LogP contribution in [0.1, 0.15) is 34.0 Å². The van der Waals surface area contributed by atoms with Crippen LogP contribution in [-0.4, -0.2) is 14.3 Å². The molecule has 2 aromatic rings. The van der Waals surface area contributed by atoms with Crippen molar-refractivity contribution in [2.75, 3.05) is 0 Å². The molecule has 0 saturated heterocycles. The minimum atomic E-state index is -3.80. The standard InChI is InChI=1S/C17H20N2O3S/c1-4-14-6-8-15(9-7-14)17(20)18-19-23(21,22)16-10-5-12(2)13(3)11-16/h5-11,19H,4H2,1-3H3,(H,18,20). The number of carbonyl (C=O) groups is 1. The summed E-state index contributed by atoms with van der Waals surface area (Å²) >= 11 is 0. The van der Waals surface area contributed by atoms with E-state index < -0.39 is 15.9 Å². The Balaban J connectivity index is 2.08. The van der Waals surface area contributed by atoms with E-state index in [2.05, 4.69) is 10.3 Å². The Hall–Kier alpha value is -2.18. The Morgan fingerprint density at radius 2 is 1.65 bits per heavy atom. The molecule has 2 aromatic carbocycles. The Kier molecular flexibility index (Phi) is 5.18. The lowest BCUT2D eigenvalue weighted by Gasteiger charge is -2.10. The highest BCUT2D eigenvalue weighted by Crippen LogP contribution is 2.14. The molecule has 0 atom stereocenters. The first-order valence-electron chi connectivity index (χ1n) is 7.32. The molecule has 0 aliphatic carbocycles. The smallest absolute Gasteiger partial charge is 0.266 e. The van der Waals surface area contributed by atoms with Crippen LogP contribution in [0, 0.1) is 13.8 Å². The first-order valence-corrected chi connectivity index (χ1v) is 8.80. The molecule has 0 spiro atoms. The van der Waals surface area contributed by atoms with Crippen molar-refractivity contribution in [1.82, 2.24) is 10.3 Å². The monoisotopic (exact) mass is 332 g/mol. The van der Waals surface area contributed by atoms with Crippen molar-refractivity contribution in [1.29, 1.82) is 0 Å². The minimum absolute atomic E-state index is 0.113. The van der Waals surface area contributed by atoms with Crippen LogP contribution in [-0.2, 0) is 16.4 Å². The van der Waals surface area contributed by atoms with Gasteiger partial charge in [0.05, 0.1) is 4.90 Å². The average molecular weight is 332 g/mol. The Morgan fingerprint density at radius 1 is 1.00 bits per heavy atom.